The maximum absolute atomic E-state index is 5.38. The molecular weight excluding hydrogens is 202 g/mol. The van der Waals surface area contributed by atoms with Gasteiger partial charge in [0.15, 0.2) is 0 Å². The molecule has 2 heterocycles. The molecule has 0 radical (unpaired) electrons. The van der Waals surface area contributed by atoms with E-state index in [2.05, 4.69) is 23.5 Å². The molecule has 1 aliphatic rings. The second-order valence-corrected chi connectivity index (χ2v) is 3.96. The smallest absolute Gasteiger partial charge is 0.0952 e. The lowest BCUT2D eigenvalue weighted by atomic mass is 10.1. The zero-order valence-corrected chi connectivity index (χ0v) is 8.90. The highest BCUT2D eigenvalue weighted by Crippen LogP contribution is 2.23. The largest absolute Gasteiger partial charge is 0.472 e. The van der Waals surface area contributed by atoms with Gasteiger partial charge >= 0.3 is 0 Å². The van der Waals surface area contributed by atoms with Crippen LogP contribution in [0.5, 0.6) is 0 Å². The Kier molecular flexibility index (Phi) is 2.38. The Labute approximate surface area is 94.0 Å². The van der Waals surface area contributed by atoms with Gasteiger partial charge in [-0.15, -0.1) is 0 Å². The number of hydrogen-bond acceptors (Lipinski definition) is 3. The van der Waals surface area contributed by atoms with Crippen LogP contribution in [0.15, 0.2) is 41.2 Å². The van der Waals surface area contributed by atoms with Crippen LogP contribution >= 0.6 is 0 Å². The van der Waals surface area contributed by atoms with E-state index in [-0.39, 0.29) is 0 Å². The van der Waals surface area contributed by atoms with Gasteiger partial charge in [0, 0.05) is 17.8 Å². The second-order valence-electron chi connectivity index (χ2n) is 3.96. The van der Waals surface area contributed by atoms with Crippen LogP contribution in [0.4, 0.5) is 5.69 Å². The number of rotatable bonds is 3. The van der Waals surface area contributed by atoms with E-state index in [1.165, 1.54) is 11.1 Å². The van der Waals surface area contributed by atoms with E-state index in [4.69, 9.17) is 9.15 Å². The van der Waals surface area contributed by atoms with Crippen molar-refractivity contribution in [3.8, 4) is 0 Å². The molecule has 0 amide bonds. The van der Waals surface area contributed by atoms with Crippen molar-refractivity contribution in [1.82, 2.24) is 0 Å². The number of anilines is 1. The van der Waals surface area contributed by atoms with Gasteiger partial charge in [-0.3, -0.25) is 0 Å². The van der Waals surface area contributed by atoms with Crippen LogP contribution in [0, 0.1) is 0 Å². The highest BCUT2D eigenvalue weighted by Gasteiger charge is 2.10. The minimum Gasteiger partial charge on any atom is -0.472 e. The SMILES string of the molecule is c1cc(CNc2ccc3c(c2)COC3)co1. The molecule has 1 aromatic heterocycles. The molecule has 0 spiro atoms. The number of benzene rings is 1. The molecule has 2 aromatic rings. The number of nitrogens with one attached hydrogen (secondary N) is 1. The summed E-state index contributed by atoms with van der Waals surface area (Å²) >= 11 is 0. The Bertz CT molecular complexity index is 477. The highest BCUT2D eigenvalue weighted by molar-refractivity contribution is 5.49. The van der Waals surface area contributed by atoms with Gasteiger partial charge in [-0.2, -0.15) is 0 Å². The number of ether oxygens (including phenoxy) is 1. The Hall–Kier alpha value is -1.74. The average Bonchev–Trinajstić information content (AvgIpc) is 2.97. The molecule has 0 fully saturated rings. The third-order valence-corrected chi connectivity index (χ3v) is 2.80. The topological polar surface area (TPSA) is 34.4 Å². The summed E-state index contributed by atoms with van der Waals surface area (Å²) in [5.74, 6) is 0. The number of hydrogen-bond donors (Lipinski definition) is 1. The molecule has 0 bridgehead atoms. The predicted molar refractivity (Wildman–Crippen MR) is 61.0 cm³/mol. The summed E-state index contributed by atoms with van der Waals surface area (Å²) in [6.07, 6.45) is 3.44. The average molecular weight is 215 g/mol. The monoisotopic (exact) mass is 215 g/mol. The normalized spacial score (nSPS) is 13.8. The molecule has 3 nitrogen and oxygen atoms in total. The van der Waals surface area contributed by atoms with Crippen molar-refractivity contribution < 1.29 is 9.15 Å². The van der Waals surface area contributed by atoms with Crippen molar-refractivity contribution in [3.63, 3.8) is 0 Å². The van der Waals surface area contributed by atoms with E-state index in [9.17, 15) is 0 Å². The quantitative estimate of drug-likeness (QED) is 0.854. The minimum atomic E-state index is 0.733. The summed E-state index contributed by atoms with van der Waals surface area (Å²) in [6, 6.07) is 8.33. The number of furan rings is 1. The van der Waals surface area contributed by atoms with E-state index in [0.717, 1.165) is 31.0 Å². The van der Waals surface area contributed by atoms with Crippen LogP contribution in [-0.2, 0) is 24.5 Å². The minimum absolute atomic E-state index is 0.733. The first-order chi connectivity index (χ1) is 7.92. The van der Waals surface area contributed by atoms with Gasteiger partial charge in [0.05, 0.1) is 25.7 Å². The van der Waals surface area contributed by atoms with E-state index in [1.807, 2.05) is 6.07 Å². The zero-order valence-electron chi connectivity index (χ0n) is 8.90. The van der Waals surface area contributed by atoms with Crippen LogP contribution in [0.3, 0.4) is 0 Å². The van der Waals surface area contributed by atoms with Crippen molar-refractivity contribution in [2.45, 2.75) is 19.8 Å². The maximum atomic E-state index is 5.38. The third-order valence-electron chi connectivity index (χ3n) is 2.80. The zero-order chi connectivity index (χ0) is 10.8. The fourth-order valence-corrected chi connectivity index (χ4v) is 1.88. The third kappa shape index (κ3) is 1.82. The van der Waals surface area contributed by atoms with Crippen LogP contribution in [0.2, 0.25) is 0 Å². The molecule has 1 aromatic carbocycles. The van der Waals surface area contributed by atoms with Crippen molar-refractivity contribution in [2.24, 2.45) is 0 Å². The lowest BCUT2D eigenvalue weighted by Gasteiger charge is -2.06. The number of fused-ring (bicyclic) bond motifs is 1. The van der Waals surface area contributed by atoms with Gasteiger partial charge in [0.2, 0.25) is 0 Å². The van der Waals surface area contributed by atoms with Crippen molar-refractivity contribution >= 4 is 5.69 Å². The molecule has 0 saturated carbocycles. The summed E-state index contributed by atoms with van der Waals surface area (Å²) in [7, 11) is 0. The fourth-order valence-electron chi connectivity index (χ4n) is 1.88. The Morgan fingerprint density at radius 3 is 2.94 bits per heavy atom. The summed E-state index contributed by atoms with van der Waals surface area (Å²) in [5, 5.41) is 3.36. The predicted octanol–water partition coefficient (Wildman–Crippen LogP) is 2.92. The first-order valence-corrected chi connectivity index (χ1v) is 5.36. The summed E-state index contributed by atoms with van der Waals surface area (Å²) in [5.41, 5.74) is 4.87. The van der Waals surface area contributed by atoms with Crippen LogP contribution in [0.1, 0.15) is 16.7 Å². The van der Waals surface area contributed by atoms with E-state index >= 15 is 0 Å². The molecule has 0 atom stereocenters. The van der Waals surface area contributed by atoms with Crippen molar-refractivity contribution in [1.29, 1.82) is 0 Å². The van der Waals surface area contributed by atoms with Gasteiger partial charge in [-0.25, -0.2) is 0 Å². The van der Waals surface area contributed by atoms with Gasteiger partial charge in [0.25, 0.3) is 0 Å². The molecule has 82 valence electrons. The Morgan fingerprint density at radius 1 is 1.12 bits per heavy atom. The molecule has 0 aliphatic carbocycles. The molecular formula is C13H13NO2. The Balaban J connectivity index is 1.71. The first-order valence-electron chi connectivity index (χ1n) is 5.36. The van der Waals surface area contributed by atoms with E-state index in [1.54, 1.807) is 12.5 Å². The van der Waals surface area contributed by atoms with Gasteiger partial charge in [0.1, 0.15) is 0 Å². The lowest BCUT2D eigenvalue weighted by Crippen LogP contribution is -1.98. The van der Waals surface area contributed by atoms with Gasteiger partial charge in [-0.1, -0.05) is 6.07 Å². The van der Waals surface area contributed by atoms with E-state index < -0.39 is 0 Å². The maximum Gasteiger partial charge on any atom is 0.0952 e. The highest BCUT2D eigenvalue weighted by atomic mass is 16.5. The molecule has 0 unspecified atom stereocenters. The van der Waals surface area contributed by atoms with Crippen LogP contribution in [-0.4, -0.2) is 0 Å². The summed E-state index contributed by atoms with van der Waals surface area (Å²) in [4.78, 5) is 0. The standard InChI is InChI=1S/C13H13NO2/c1-2-13(5-12-9-16-8-11(1)12)14-6-10-3-4-15-7-10/h1-5,7,14H,6,8-9H2. The van der Waals surface area contributed by atoms with Crippen molar-refractivity contribution in [2.75, 3.05) is 5.32 Å². The van der Waals surface area contributed by atoms with Crippen LogP contribution in [0.25, 0.3) is 0 Å². The second kappa shape index (κ2) is 4.02. The molecule has 3 rings (SSSR count). The molecule has 16 heavy (non-hydrogen) atoms. The van der Waals surface area contributed by atoms with Crippen molar-refractivity contribution in [3.05, 3.63) is 53.5 Å². The molecule has 1 N–H and O–H groups in total. The van der Waals surface area contributed by atoms with Gasteiger partial charge in [-0.05, 0) is 29.3 Å². The molecule has 1 aliphatic heterocycles. The lowest BCUT2D eigenvalue weighted by molar-refractivity contribution is 0.134. The first kappa shape index (κ1) is 9.48. The summed E-state index contributed by atoms with van der Waals surface area (Å²) < 4.78 is 10.4. The van der Waals surface area contributed by atoms with E-state index in [0.29, 0.717) is 0 Å². The molecule has 0 saturated heterocycles. The fraction of sp³-hybridized carbons (Fsp3) is 0.231. The van der Waals surface area contributed by atoms with Crippen LogP contribution < -0.4 is 5.32 Å². The molecule has 3 heteroatoms. The summed E-state index contributed by atoms with van der Waals surface area (Å²) in [6.45, 7) is 2.27. The Morgan fingerprint density at radius 2 is 2.06 bits per heavy atom. The van der Waals surface area contributed by atoms with Gasteiger partial charge < -0.3 is 14.5 Å².